The standard InChI is InChI=1S/C12H14N2O2/c1-13-12(15)8-14-7-10-6-9-4-2-3-5-11(9)16-10/h2-6,14H,7-8H2,1H3,(H,13,15). The van der Waals surface area contributed by atoms with Crippen molar-refractivity contribution in [3.05, 3.63) is 36.1 Å². The molecule has 0 aliphatic rings. The van der Waals surface area contributed by atoms with Gasteiger partial charge in [0.25, 0.3) is 0 Å². The summed E-state index contributed by atoms with van der Waals surface area (Å²) >= 11 is 0. The molecule has 2 aromatic rings. The van der Waals surface area contributed by atoms with E-state index in [2.05, 4.69) is 10.6 Å². The number of para-hydroxylation sites is 1. The Labute approximate surface area is 93.6 Å². The highest BCUT2D eigenvalue weighted by atomic mass is 16.3. The quantitative estimate of drug-likeness (QED) is 0.812. The monoisotopic (exact) mass is 218 g/mol. The molecule has 0 aliphatic carbocycles. The lowest BCUT2D eigenvalue weighted by Gasteiger charge is -2.00. The van der Waals surface area contributed by atoms with Gasteiger partial charge in [0, 0.05) is 12.4 Å². The van der Waals surface area contributed by atoms with E-state index in [0.29, 0.717) is 13.1 Å². The third kappa shape index (κ3) is 2.41. The highest BCUT2D eigenvalue weighted by Gasteiger charge is 2.03. The van der Waals surface area contributed by atoms with Gasteiger partial charge in [0.15, 0.2) is 0 Å². The van der Waals surface area contributed by atoms with E-state index in [1.807, 2.05) is 30.3 Å². The van der Waals surface area contributed by atoms with E-state index in [-0.39, 0.29) is 5.91 Å². The first kappa shape index (κ1) is 10.7. The van der Waals surface area contributed by atoms with Crippen molar-refractivity contribution >= 4 is 16.9 Å². The van der Waals surface area contributed by atoms with E-state index < -0.39 is 0 Å². The van der Waals surface area contributed by atoms with Crippen molar-refractivity contribution < 1.29 is 9.21 Å². The van der Waals surface area contributed by atoms with Gasteiger partial charge in [-0.05, 0) is 12.1 Å². The van der Waals surface area contributed by atoms with E-state index in [4.69, 9.17) is 4.42 Å². The van der Waals surface area contributed by atoms with E-state index >= 15 is 0 Å². The van der Waals surface area contributed by atoms with Crippen LogP contribution in [0.4, 0.5) is 0 Å². The minimum atomic E-state index is -0.0314. The molecule has 0 saturated heterocycles. The molecule has 0 unspecified atom stereocenters. The second-order valence-electron chi connectivity index (χ2n) is 3.53. The number of benzene rings is 1. The van der Waals surface area contributed by atoms with E-state index in [1.54, 1.807) is 7.05 Å². The Morgan fingerprint density at radius 3 is 2.94 bits per heavy atom. The molecule has 0 aliphatic heterocycles. The van der Waals surface area contributed by atoms with Gasteiger partial charge in [-0.15, -0.1) is 0 Å². The van der Waals surface area contributed by atoms with Crippen LogP contribution in [0, 0.1) is 0 Å². The van der Waals surface area contributed by atoms with Crippen LogP contribution in [0.25, 0.3) is 11.0 Å². The Hall–Kier alpha value is -1.81. The summed E-state index contributed by atoms with van der Waals surface area (Å²) < 4.78 is 5.59. The fraction of sp³-hybridized carbons (Fsp3) is 0.250. The molecule has 0 spiro atoms. The second kappa shape index (κ2) is 4.81. The van der Waals surface area contributed by atoms with Gasteiger partial charge in [0.05, 0.1) is 13.1 Å². The third-order valence-corrected chi connectivity index (χ3v) is 2.34. The zero-order valence-corrected chi connectivity index (χ0v) is 9.12. The minimum absolute atomic E-state index is 0.0314. The summed E-state index contributed by atoms with van der Waals surface area (Å²) in [5, 5.41) is 6.64. The summed E-state index contributed by atoms with van der Waals surface area (Å²) in [7, 11) is 1.62. The topological polar surface area (TPSA) is 54.3 Å². The zero-order valence-electron chi connectivity index (χ0n) is 9.12. The minimum Gasteiger partial charge on any atom is -0.460 e. The summed E-state index contributed by atoms with van der Waals surface area (Å²) in [6.45, 7) is 0.857. The Bertz CT molecular complexity index is 457. The molecular weight excluding hydrogens is 204 g/mol. The molecular formula is C12H14N2O2. The molecule has 2 rings (SSSR count). The largest absolute Gasteiger partial charge is 0.460 e. The van der Waals surface area contributed by atoms with Gasteiger partial charge in [-0.3, -0.25) is 4.79 Å². The lowest BCUT2D eigenvalue weighted by atomic mass is 10.2. The van der Waals surface area contributed by atoms with Crippen LogP contribution in [0.1, 0.15) is 5.76 Å². The van der Waals surface area contributed by atoms with Crippen LogP contribution < -0.4 is 10.6 Å². The van der Waals surface area contributed by atoms with E-state index in [9.17, 15) is 4.79 Å². The van der Waals surface area contributed by atoms with Crippen molar-refractivity contribution in [1.29, 1.82) is 0 Å². The van der Waals surface area contributed by atoms with Crippen molar-refractivity contribution in [2.24, 2.45) is 0 Å². The third-order valence-electron chi connectivity index (χ3n) is 2.34. The molecule has 0 bridgehead atoms. The van der Waals surface area contributed by atoms with Crippen molar-refractivity contribution in [1.82, 2.24) is 10.6 Å². The SMILES string of the molecule is CNC(=O)CNCc1cc2ccccc2o1. The summed E-state index contributed by atoms with van der Waals surface area (Å²) in [5.74, 6) is 0.807. The highest BCUT2D eigenvalue weighted by molar-refractivity contribution is 5.78. The number of carbonyl (C=O) groups excluding carboxylic acids is 1. The summed E-state index contributed by atoms with van der Waals surface area (Å²) in [5.41, 5.74) is 0.874. The Kier molecular flexibility index (Phi) is 3.22. The predicted octanol–water partition coefficient (Wildman–Crippen LogP) is 1.27. The first-order chi connectivity index (χ1) is 7.79. The van der Waals surface area contributed by atoms with Gasteiger partial charge in [-0.1, -0.05) is 18.2 Å². The molecule has 4 nitrogen and oxygen atoms in total. The molecule has 0 saturated carbocycles. The van der Waals surface area contributed by atoms with Gasteiger partial charge in [-0.25, -0.2) is 0 Å². The number of amides is 1. The number of likely N-dealkylation sites (N-methyl/N-ethyl adjacent to an activating group) is 1. The molecule has 1 aromatic heterocycles. The summed E-state index contributed by atoms with van der Waals surface area (Å²) in [6, 6.07) is 9.82. The molecule has 0 radical (unpaired) electrons. The molecule has 2 N–H and O–H groups in total. The lowest BCUT2D eigenvalue weighted by Crippen LogP contribution is -2.30. The molecule has 0 atom stereocenters. The number of hydrogen-bond donors (Lipinski definition) is 2. The van der Waals surface area contributed by atoms with Crippen LogP contribution in [0.5, 0.6) is 0 Å². The van der Waals surface area contributed by atoms with Crippen molar-refractivity contribution in [2.75, 3.05) is 13.6 Å². The maximum absolute atomic E-state index is 11.0. The smallest absolute Gasteiger partial charge is 0.233 e. The normalized spacial score (nSPS) is 10.6. The summed E-state index contributed by atoms with van der Waals surface area (Å²) in [4.78, 5) is 11.0. The van der Waals surface area contributed by atoms with Crippen molar-refractivity contribution in [3.63, 3.8) is 0 Å². The average Bonchev–Trinajstić information content (AvgIpc) is 2.71. The van der Waals surface area contributed by atoms with Crippen molar-refractivity contribution in [2.45, 2.75) is 6.54 Å². The fourth-order valence-corrected chi connectivity index (χ4v) is 1.51. The van der Waals surface area contributed by atoms with Crippen LogP contribution >= 0.6 is 0 Å². The first-order valence-corrected chi connectivity index (χ1v) is 5.18. The fourth-order valence-electron chi connectivity index (χ4n) is 1.51. The molecule has 1 amide bonds. The average molecular weight is 218 g/mol. The van der Waals surface area contributed by atoms with Crippen molar-refractivity contribution in [3.8, 4) is 0 Å². The highest BCUT2D eigenvalue weighted by Crippen LogP contribution is 2.18. The second-order valence-corrected chi connectivity index (χ2v) is 3.53. The maximum atomic E-state index is 11.0. The first-order valence-electron chi connectivity index (χ1n) is 5.18. The Morgan fingerprint density at radius 2 is 2.19 bits per heavy atom. The Balaban J connectivity index is 1.97. The van der Waals surface area contributed by atoms with Gasteiger partial charge >= 0.3 is 0 Å². The maximum Gasteiger partial charge on any atom is 0.233 e. The molecule has 84 valence electrons. The molecule has 4 heteroatoms. The zero-order chi connectivity index (χ0) is 11.4. The molecule has 1 heterocycles. The van der Waals surface area contributed by atoms with Gasteiger partial charge in [0.1, 0.15) is 11.3 Å². The van der Waals surface area contributed by atoms with E-state index in [1.165, 1.54) is 0 Å². The van der Waals surface area contributed by atoms with Crippen LogP contribution in [0.15, 0.2) is 34.7 Å². The summed E-state index contributed by atoms with van der Waals surface area (Å²) in [6.07, 6.45) is 0. The van der Waals surface area contributed by atoms with Gasteiger partial charge in [-0.2, -0.15) is 0 Å². The number of carbonyl (C=O) groups is 1. The lowest BCUT2D eigenvalue weighted by molar-refractivity contribution is -0.119. The number of furan rings is 1. The van der Waals surface area contributed by atoms with Gasteiger partial charge < -0.3 is 15.1 Å². The van der Waals surface area contributed by atoms with Crippen LogP contribution in [-0.4, -0.2) is 19.5 Å². The van der Waals surface area contributed by atoms with E-state index in [0.717, 1.165) is 16.7 Å². The number of hydrogen-bond acceptors (Lipinski definition) is 3. The Morgan fingerprint density at radius 1 is 1.38 bits per heavy atom. The van der Waals surface area contributed by atoms with Gasteiger partial charge in [0.2, 0.25) is 5.91 Å². The van der Waals surface area contributed by atoms with Crippen LogP contribution in [0.2, 0.25) is 0 Å². The van der Waals surface area contributed by atoms with Crippen LogP contribution in [0.3, 0.4) is 0 Å². The number of fused-ring (bicyclic) bond motifs is 1. The molecule has 16 heavy (non-hydrogen) atoms. The molecule has 1 aromatic carbocycles. The molecule has 0 fully saturated rings. The number of nitrogens with one attached hydrogen (secondary N) is 2. The predicted molar refractivity (Wildman–Crippen MR) is 62.0 cm³/mol. The van der Waals surface area contributed by atoms with Crippen LogP contribution in [-0.2, 0) is 11.3 Å². The number of rotatable bonds is 4.